The number of hydrogen-bond donors (Lipinski definition) is 0. The molecule has 0 nitrogen and oxygen atoms in total. The van der Waals surface area contributed by atoms with Gasteiger partial charge in [0.05, 0.1) is 0 Å². The van der Waals surface area contributed by atoms with Gasteiger partial charge in [-0.05, 0) is 30.6 Å². The molecule has 1 fully saturated rings. The Bertz CT molecular complexity index is 161. The normalized spacial score (nSPS) is 33.7. The van der Waals surface area contributed by atoms with Gasteiger partial charge in [-0.1, -0.05) is 20.8 Å². The fraction of sp³-hybridized carbons (Fsp3) is 1.00. The molecule has 0 amide bonds. The molecule has 1 aliphatic rings. The molecule has 78 valence electrons. The zero-order chi connectivity index (χ0) is 10.1. The van der Waals surface area contributed by atoms with Crippen LogP contribution in [-0.2, 0) is 0 Å². The second-order valence-corrected chi connectivity index (χ2v) is 5.10. The molecule has 0 N–H and O–H groups in total. The summed E-state index contributed by atoms with van der Waals surface area (Å²) in [5, 5.41) is 0. The van der Waals surface area contributed by atoms with E-state index in [0.717, 1.165) is 12.8 Å². The van der Waals surface area contributed by atoms with Crippen LogP contribution in [0.4, 0.5) is 8.78 Å². The van der Waals surface area contributed by atoms with Crippen LogP contribution in [-0.4, -0.2) is 5.92 Å². The van der Waals surface area contributed by atoms with Crippen LogP contribution >= 0.6 is 0 Å². The standard InChI is InChI=1S/C11H20F2/c1-8(2)4-10-5-9(3)6-11(12,13)7-10/h8-10H,4-7H2,1-3H3. The molecular formula is C11H20F2. The van der Waals surface area contributed by atoms with Gasteiger partial charge in [0.1, 0.15) is 0 Å². The third-order valence-corrected chi connectivity index (χ3v) is 2.77. The van der Waals surface area contributed by atoms with Crippen molar-refractivity contribution in [3.63, 3.8) is 0 Å². The first-order valence-corrected chi connectivity index (χ1v) is 5.27. The van der Waals surface area contributed by atoms with E-state index in [4.69, 9.17) is 0 Å². The molecule has 0 aromatic heterocycles. The highest BCUT2D eigenvalue weighted by Crippen LogP contribution is 2.41. The average molecular weight is 190 g/mol. The Labute approximate surface area is 79.7 Å². The molecule has 0 saturated heterocycles. The van der Waals surface area contributed by atoms with E-state index in [1.165, 1.54) is 0 Å². The van der Waals surface area contributed by atoms with Gasteiger partial charge in [-0.2, -0.15) is 0 Å². The van der Waals surface area contributed by atoms with Crippen LogP contribution < -0.4 is 0 Å². The molecular weight excluding hydrogens is 170 g/mol. The van der Waals surface area contributed by atoms with Crippen LogP contribution in [0.3, 0.4) is 0 Å². The molecule has 0 bridgehead atoms. The van der Waals surface area contributed by atoms with Gasteiger partial charge in [0.15, 0.2) is 0 Å². The van der Waals surface area contributed by atoms with E-state index in [1.54, 1.807) is 0 Å². The minimum absolute atomic E-state index is 0.0988. The maximum absolute atomic E-state index is 13.2. The smallest absolute Gasteiger partial charge is 0.207 e. The van der Waals surface area contributed by atoms with E-state index in [9.17, 15) is 8.78 Å². The van der Waals surface area contributed by atoms with E-state index in [2.05, 4.69) is 13.8 Å². The van der Waals surface area contributed by atoms with Gasteiger partial charge in [0, 0.05) is 12.8 Å². The first-order valence-electron chi connectivity index (χ1n) is 5.27. The summed E-state index contributed by atoms with van der Waals surface area (Å²) in [6.45, 7) is 6.16. The van der Waals surface area contributed by atoms with Crippen molar-refractivity contribution in [3.05, 3.63) is 0 Å². The molecule has 1 rings (SSSR count). The molecule has 13 heavy (non-hydrogen) atoms. The fourth-order valence-corrected chi connectivity index (χ4v) is 2.60. The number of rotatable bonds is 2. The zero-order valence-corrected chi connectivity index (χ0v) is 8.82. The topological polar surface area (TPSA) is 0 Å². The van der Waals surface area contributed by atoms with Crippen molar-refractivity contribution < 1.29 is 8.78 Å². The first-order chi connectivity index (χ1) is 5.89. The Hall–Kier alpha value is -0.140. The quantitative estimate of drug-likeness (QED) is 0.615. The number of hydrogen-bond acceptors (Lipinski definition) is 0. The van der Waals surface area contributed by atoms with E-state index >= 15 is 0 Å². The Morgan fingerprint density at radius 1 is 1.31 bits per heavy atom. The van der Waals surface area contributed by atoms with Crippen molar-refractivity contribution in [1.82, 2.24) is 0 Å². The van der Waals surface area contributed by atoms with E-state index in [1.807, 2.05) is 6.92 Å². The second-order valence-electron chi connectivity index (χ2n) is 5.10. The summed E-state index contributed by atoms with van der Waals surface area (Å²) < 4.78 is 26.3. The molecule has 0 aliphatic heterocycles. The van der Waals surface area contributed by atoms with E-state index in [-0.39, 0.29) is 24.7 Å². The van der Waals surface area contributed by atoms with Crippen LogP contribution in [0.5, 0.6) is 0 Å². The van der Waals surface area contributed by atoms with Crippen LogP contribution in [0.2, 0.25) is 0 Å². The lowest BCUT2D eigenvalue weighted by atomic mass is 9.77. The molecule has 0 aromatic rings. The molecule has 1 aliphatic carbocycles. The number of halogens is 2. The molecule has 0 heterocycles. The molecule has 0 radical (unpaired) electrons. The van der Waals surface area contributed by atoms with E-state index in [0.29, 0.717) is 5.92 Å². The van der Waals surface area contributed by atoms with Crippen LogP contribution in [0.15, 0.2) is 0 Å². The summed E-state index contributed by atoms with van der Waals surface area (Å²) in [6, 6.07) is 0. The maximum atomic E-state index is 13.2. The Kier molecular flexibility index (Phi) is 3.31. The largest absolute Gasteiger partial charge is 0.248 e. The third kappa shape index (κ3) is 3.61. The van der Waals surface area contributed by atoms with Crippen molar-refractivity contribution in [2.75, 3.05) is 0 Å². The Morgan fingerprint density at radius 3 is 2.38 bits per heavy atom. The average Bonchev–Trinajstić information content (AvgIpc) is 1.78. The maximum Gasteiger partial charge on any atom is 0.248 e. The van der Waals surface area contributed by atoms with Crippen LogP contribution in [0.25, 0.3) is 0 Å². The monoisotopic (exact) mass is 190 g/mol. The predicted octanol–water partition coefficient (Wildman–Crippen LogP) is 4.10. The SMILES string of the molecule is CC(C)CC1CC(C)CC(F)(F)C1. The lowest BCUT2D eigenvalue weighted by molar-refractivity contribution is -0.0719. The first kappa shape index (κ1) is 10.9. The lowest BCUT2D eigenvalue weighted by Gasteiger charge is -2.33. The highest BCUT2D eigenvalue weighted by molar-refractivity contribution is 4.82. The summed E-state index contributed by atoms with van der Waals surface area (Å²) in [7, 11) is 0. The Morgan fingerprint density at radius 2 is 1.92 bits per heavy atom. The van der Waals surface area contributed by atoms with Crippen molar-refractivity contribution in [3.8, 4) is 0 Å². The number of alkyl halides is 2. The van der Waals surface area contributed by atoms with E-state index < -0.39 is 5.92 Å². The van der Waals surface area contributed by atoms with Crippen LogP contribution in [0, 0.1) is 17.8 Å². The van der Waals surface area contributed by atoms with Crippen molar-refractivity contribution in [2.24, 2.45) is 17.8 Å². The molecule has 0 spiro atoms. The molecule has 1 saturated carbocycles. The van der Waals surface area contributed by atoms with Gasteiger partial charge in [0.2, 0.25) is 5.92 Å². The third-order valence-electron chi connectivity index (χ3n) is 2.77. The zero-order valence-electron chi connectivity index (χ0n) is 8.82. The van der Waals surface area contributed by atoms with Gasteiger partial charge >= 0.3 is 0 Å². The van der Waals surface area contributed by atoms with Gasteiger partial charge in [-0.15, -0.1) is 0 Å². The predicted molar refractivity (Wildman–Crippen MR) is 50.9 cm³/mol. The van der Waals surface area contributed by atoms with Crippen molar-refractivity contribution in [1.29, 1.82) is 0 Å². The minimum atomic E-state index is -2.39. The van der Waals surface area contributed by atoms with Gasteiger partial charge < -0.3 is 0 Å². The second kappa shape index (κ2) is 3.93. The highest BCUT2D eigenvalue weighted by atomic mass is 19.3. The highest BCUT2D eigenvalue weighted by Gasteiger charge is 2.39. The summed E-state index contributed by atoms with van der Waals surface area (Å²) in [5.41, 5.74) is 0. The molecule has 0 aromatic carbocycles. The van der Waals surface area contributed by atoms with Crippen molar-refractivity contribution in [2.45, 2.75) is 52.4 Å². The Balaban J connectivity index is 2.48. The fourth-order valence-electron chi connectivity index (χ4n) is 2.60. The molecule has 2 heteroatoms. The van der Waals surface area contributed by atoms with Gasteiger partial charge in [-0.3, -0.25) is 0 Å². The van der Waals surface area contributed by atoms with Crippen LogP contribution in [0.1, 0.15) is 46.5 Å². The summed E-state index contributed by atoms with van der Waals surface area (Å²) in [4.78, 5) is 0. The lowest BCUT2D eigenvalue weighted by Crippen LogP contribution is -2.31. The molecule has 2 unspecified atom stereocenters. The minimum Gasteiger partial charge on any atom is -0.207 e. The van der Waals surface area contributed by atoms with Gasteiger partial charge in [0.25, 0.3) is 0 Å². The van der Waals surface area contributed by atoms with Gasteiger partial charge in [-0.25, -0.2) is 8.78 Å². The summed E-state index contributed by atoms with van der Waals surface area (Å²) >= 11 is 0. The summed E-state index contributed by atoms with van der Waals surface area (Å²) in [6.07, 6.45) is 2.17. The summed E-state index contributed by atoms with van der Waals surface area (Å²) in [5.74, 6) is -1.39. The van der Waals surface area contributed by atoms with Crippen molar-refractivity contribution >= 4 is 0 Å². The molecule has 2 atom stereocenters.